The number of nitrogens with zero attached hydrogens (tertiary/aromatic N) is 1. The van der Waals surface area contributed by atoms with Crippen LogP contribution in [0.3, 0.4) is 0 Å². The Morgan fingerprint density at radius 3 is 2.58 bits per heavy atom. The van der Waals surface area contributed by atoms with Crippen molar-refractivity contribution in [1.82, 2.24) is 4.98 Å². The Balaban J connectivity index is 3.03. The van der Waals surface area contributed by atoms with Crippen molar-refractivity contribution in [2.75, 3.05) is 0 Å². The van der Waals surface area contributed by atoms with Crippen molar-refractivity contribution in [2.45, 2.75) is 33.1 Å². The lowest BCUT2D eigenvalue weighted by Crippen LogP contribution is -1.95. The highest BCUT2D eigenvalue weighted by Crippen LogP contribution is 2.22. The summed E-state index contributed by atoms with van der Waals surface area (Å²) < 4.78 is 0. The van der Waals surface area contributed by atoms with E-state index in [1.54, 1.807) is 0 Å². The second kappa shape index (κ2) is 3.90. The monoisotopic (exact) mass is 183 g/mol. The van der Waals surface area contributed by atoms with Crippen molar-refractivity contribution in [1.29, 1.82) is 0 Å². The normalized spacial score (nSPS) is 10.8. The summed E-state index contributed by atoms with van der Waals surface area (Å²) in [5.74, 6) is 0.406. The molecule has 0 unspecified atom stereocenters. The van der Waals surface area contributed by atoms with E-state index in [4.69, 9.17) is 11.6 Å². The van der Waals surface area contributed by atoms with Gasteiger partial charge in [0.25, 0.3) is 0 Å². The molecule has 1 rings (SSSR count). The minimum atomic E-state index is 0.406. The molecule has 1 aromatic rings. The van der Waals surface area contributed by atoms with Crippen molar-refractivity contribution in [3.63, 3.8) is 0 Å². The highest BCUT2D eigenvalue weighted by Gasteiger charge is 2.06. The first-order valence-electron chi connectivity index (χ1n) is 4.29. The van der Waals surface area contributed by atoms with Crippen LogP contribution >= 0.6 is 11.6 Å². The van der Waals surface area contributed by atoms with Crippen LogP contribution in [-0.4, -0.2) is 4.98 Å². The molecule has 0 spiro atoms. The third kappa shape index (κ3) is 1.98. The first-order chi connectivity index (χ1) is 5.65. The quantitative estimate of drug-likeness (QED) is 0.685. The smallest absolute Gasteiger partial charge is 0.0626 e. The van der Waals surface area contributed by atoms with Crippen molar-refractivity contribution >= 4 is 11.6 Å². The number of hydrogen-bond donors (Lipinski definition) is 0. The van der Waals surface area contributed by atoms with Crippen LogP contribution in [0.4, 0.5) is 0 Å². The lowest BCUT2D eigenvalue weighted by atomic mass is 10.1. The molecule has 0 aliphatic heterocycles. The maximum absolute atomic E-state index is 6.04. The molecule has 2 heteroatoms. The van der Waals surface area contributed by atoms with E-state index in [1.807, 2.05) is 12.3 Å². The largest absolute Gasteiger partial charge is 0.259 e. The SMILES string of the molecule is CCc1cnc(C(C)C)c(Cl)c1. The van der Waals surface area contributed by atoms with Gasteiger partial charge in [-0.1, -0.05) is 32.4 Å². The molecular formula is C10H14ClN. The number of halogens is 1. The lowest BCUT2D eigenvalue weighted by molar-refractivity contribution is 0.819. The summed E-state index contributed by atoms with van der Waals surface area (Å²) in [5.41, 5.74) is 2.19. The minimum absolute atomic E-state index is 0.406. The second-order valence-corrected chi connectivity index (χ2v) is 3.63. The highest BCUT2D eigenvalue weighted by molar-refractivity contribution is 6.31. The van der Waals surface area contributed by atoms with E-state index < -0.39 is 0 Å². The fraction of sp³-hybridized carbons (Fsp3) is 0.500. The molecule has 0 aliphatic carbocycles. The summed E-state index contributed by atoms with van der Waals surface area (Å²) in [6.45, 7) is 6.29. The summed E-state index contributed by atoms with van der Waals surface area (Å²) >= 11 is 6.04. The molecular weight excluding hydrogens is 170 g/mol. The third-order valence-electron chi connectivity index (χ3n) is 1.88. The molecule has 0 amide bonds. The minimum Gasteiger partial charge on any atom is -0.259 e. The zero-order chi connectivity index (χ0) is 9.14. The Kier molecular flexibility index (Phi) is 3.10. The van der Waals surface area contributed by atoms with Crippen molar-refractivity contribution in [2.24, 2.45) is 0 Å². The molecule has 0 N–H and O–H groups in total. The third-order valence-corrected chi connectivity index (χ3v) is 2.18. The molecule has 1 heterocycles. The Labute approximate surface area is 78.8 Å². The van der Waals surface area contributed by atoms with Crippen LogP contribution in [0.15, 0.2) is 12.3 Å². The zero-order valence-electron chi connectivity index (χ0n) is 7.76. The van der Waals surface area contributed by atoms with Crippen LogP contribution in [0.1, 0.15) is 37.9 Å². The van der Waals surface area contributed by atoms with Gasteiger partial charge in [-0.3, -0.25) is 4.98 Å². The fourth-order valence-electron chi connectivity index (χ4n) is 1.11. The van der Waals surface area contributed by atoms with Crippen molar-refractivity contribution in [3.8, 4) is 0 Å². The number of pyridine rings is 1. The van der Waals surface area contributed by atoms with Gasteiger partial charge in [-0.05, 0) is 24.0 Å². The van der Waals surface area contributed by atoms with Gasteiger partial charge in [0.05, 0.1) is 10.7 Å². The molecule has 0 saturated carbocycles. The Morgan fingerprint density at radius 1 is 1.50 bits per heavy atom. The Morgan fingerprint density at radius 2 is 2.17 bits per heavy atom. The van der Waals surface area contributed by atoms with E-state index in [2.05, 4.69) is 25.8 Å². The molecule has 0 saturated heterocycles. The zero-order valence-corrected chi connectivity index (χ0v) is 8.52. The molecule has 1 nitrogen and oxygen atoms in total. The molecule has 12 heavy (non-hydrogen) atoms. The molecule has 0 fully saturated rings. The number of aryl methyl sites for hydroxylation is 1. The summed E-state index contributed by atoms with van der Waals surface area (Å²) in [4.78, 5) is 4.32. The van der Waals surface area contributed by atoms with E-state index in [0.29, 0.717) is 5.92 Å². The molecule has 0 aromatic carbocycles. The maximum Gasteiger partial charge on any atom is 0.0626 e. The van der Waals surface area contributed by atoms with Gasteiger partial charge in [0.1, 0.15) is 0 Å². The van der Waals surface area contributed by atoms with E-state index in [9.17, 15) is 0 Å². The van der Waals surface area contributed by atoms with Gasteiger partial charge in [0, 0.05) is 6.20 Å². The van der Waals surface area contributed by atoms with Gasteiger partial charge < -0.3 is 0 Å². The molecule has 66 valence electrons. The maximum atomic E-state index is 6.04. The average Bonchev–Trinajstić information content (AvgIpc) is 2.03. The molecule has 0 radical (unpaired) electrons. The average molecular weight is 184 g/mol. The number of hydrogen-bond acceptors (Lipinski definition) is 1. The first-order valence-corrected chi connectivity index (χ1v) is 4.67. The van der Waals surface area contributed by atoms with Crippen LogP contribution in [0.25, 0.3) is 0 Å². The van der Waals surface area contributed by atoms with E-state index in [-0.39, 0.29) is 0 Å². The van der Waals surface area contributed by atoms with E-state index >= 15 is 0 Å². The number of rotatable bonds is 2. The Hall–Kier alpha value is -0.560. The number of aromatic nitrogens is 1. The molecule has 0 aliphatic rings. The van der Waals surface area contributed by atoms with Crippen molar-refractivity contribution in [3.05, 3.63) is 28.5 Å². The van der Waals surface area contributed by atoms with Gasteiger partial charge in [0.15, 0.2) is 0 Å². The van der Waals surface area contributed by atoms with Crippen molar-refractivity contribution < 1.29 is 0 Å². The summed E-state index contributed by atoms with van der Waals surface area (Å²) in [6.07, 6.45) is 2.90. The fourth-order valence-corrected chi connectivity index (χ4v) is 1.51. The standard InChI is InChI=1S/C10H14ClN/c1-4-8-5-9(11)10(7(2)3)12-6-8/h5-7H,4H2,1-3H3. The topological polar surface area (TPSA) is 12.9 Å². The predicted molar refractivity (Wildman–Crippen MR) is 52.7 cm³/mol. The van der Waals surface area contributed by atoms with Crippen LogP contribution in [0.5, 0.6) is 0 Å². The van der Waals surface area contributed by atoms with Gasteiger partial charge in [-0.2, -0.15) is 0 Å². The van der Waals surface area contributed by atoms with Gasteiger partial charge >= 0.3 is 0 Å². The van der Waals surface area contributed by atoms with Crippen LogP contribution in [0.2, 0.25) is 5.02 Å². The van der Waals surface area contributed by atoms with Crippen LogP contribution < -0.4 is 0 Å². The van der Waals surface area contributed by atoms with Gasteiger partial charge in [0.2, 0.25) is 0 Å². The van der Waals surface area contributed by atoms with E-state index in [0.717, 1.165) is 17.1 Å². The summed E-state index contributed by atoms with van der Waals surface area (Å²) in [6, 6.07) is 2.00. The Bertz CT molecular complexity index is 269. The van der Waals surface area contributed by atoms with Crippen LogP contribution in [-0.2, 0) is 6.42 Å². The predicted octanol–water partition coefficient (Wildman–Crippen LogP) is 3.42. The van der Waals surface area contributed by atoms with Gasteiger partial charge in [-0.25, -0.2) is 0 Å². The first kappa shape index (κ1) is 9.53. The van der Waals surface area contributed by atoms with Crippen LogP contribution in [0, 0.1) is 0 Å². The summed E-state index contributed by atoms with van der Waals surface area (Å²) in [7, 11) is 0. The summed E-state index contributed by atoms with van der Waals surface area (Å²) in [5, 5.41) is 0.796. The molecule has 0 atom stereocenters. The van der Waals surface area contributed by atoms with Gasteiger partial charge in [-0.15, -0.1) is 0 Å². The van der Waals surface area contributed by atoms with E-state index in [1.165, 1.54) is 5.56 Å². The highest BCUT2D eigenvalue weighted by atomic mass is 35.5. The molecule has 1 aromatic heterocycles. The molecule has 0 bridgehead atoms. The lowest BCUT2D eigenvalue weighted by Gasteiger charge is -2.07. The second-order valence-electron chi connectivity index (χ2n) is 3.22.